The van der Waals surface area contributed by atoms with Gasteiger partial charge in [0, 0.05) is 18.5 Å². The Balaban J connectivity index is 1.78. The third-order valence-corrected chi connectivity index (χ3v) is 7.73. The van der Waals surface area contributed by atoms with E-state index in [1.54, 1.807) is 0 Å². The normalized spacial score (nSPS) is 18.2. The molecule has 0 bridgehead atoms. The summed E-state index contributed by atoms with van der Waals surface area (Å²) in [4.78, 5) is 14.7. The van der Waals surface area contributed by atoms with Gasteiger partial charge < -0.3 is 9.88 Å². The molecular weight excluding hydrogens is 376 g/mol. The van der Waals surface area contributed by atoms with Crippen LogP contribution >= 0.6 is 23.1 Å². The van der Waals surface area contributed by atoms with Crippen LogP contribution in [0.2, 0.25) is 0 Å². The quantitative estimate of drug-likeness (QED) is 0.752. The van der Waals surface area contributed by atoms with Crippen LogP contribution in [0.5, 0.6) is 0 Å². The van der Waals surface area contributed by atoms with Crippen molar-refractivity contribution in [1.82, 2.24) is 20.1 Å². The average Bonchev–Trinajstić information content (AvgIpc) is 3.17. The van der Waals surface area contributed by atoms with E-state index in [9.17, 15) is 4.79 Å². The number of carbonyl (C=O) groups excluding carboxylic acids is 1. The van der Waals surface area contributed by atoms with E-state index in [0.29, 0.717) is 12.0 Å². The zero-order valence-electron chi connectivity index (χ0n) is 17.1. The summed E-state index contributed by atoms with van der Waals surface area (Å²) in [5.74, 6) is 1.66. The number of hydrogen-bond donors (Lipinski definition) is 1. The molecule has 1 aliphatic rings. The maximum atomic E-state index is 12.0. The van der Waals surface area contributed by atoms with Gasteiger partial charge in [-0.2, -0.15) is 0 Å². The number of thiophene rings is 1. The van der Waals surface area contributed by atoms with Gasteiger partial charge in [0.2, 0.25) is 5.91 Å². The molecule has 0 spiro atoms. The molecule has 1 N–H and O–H groups in total. The van der Waals surface area contributed by atoms with Crippen LogP contribution in [0.25, 0.3) is 10.7 Å². The van der Waals surface area contributed by atoms with Gasteiger partial charge in [-0.05, 0) is 56.1 Å². The molecule has 7 heteroatoms. The fourth-order valence-electron chi connectivity index (χ4n) is 3.53. The van der Waals surface area contributed by atoms with E-state index in [4.69, 9.17) is 0 Å². The van der Waals surface area contributed by atoms with Crippen LogP contribution in [0, 0.1) is 11.3 Å². The van der Waals surface area contributed by atoms with E-state index in [0.717, 1.165) is 29.7 Å². The first-order valence-corrected chi connectivity index (χ1v) is 11.4. The predicted octanol–water partition coefficient (Wildman–Crippen LogP) is 4.31. The van der Waals surface area contributed by atoms with E-state index in [2.05, 4.69) is 42.4 Å². The van der Waals surface area contributed by atoms with Crippen LogP contribution in [0.1, 0.15) is 51.5 Å². The number of hydrogen-bond acceptors (Lipinski definition) is 5. The Morgan fingerprint density at radius 2 is 2.19 bits per heavy atom. The maximum absolute atomic E-state index is 12.0. The summed E-state index contributed by atoms with van der Waals surface area (Å²) < 4.78 is 2.01. The molecule has 1 aliphatic carbocycles. The molecule has 148 valence electrons. The van der Waals surface area contributed by atoms with Crippen LogP contribution in [0.15, 0.2) is 11.2 Å². The lowest BCUT2D eigenvalue weighted by molar-refractivity contribution is -0.120. The maximum Gasteiger partial charge on any atom is 0.233 e. The van der Waals surface area contributed by atoms with Gasteiger partial charge in [0.1, 0.15) is 0 Å². The smallest absolute Gasteiger partial charge is 0.233 e. The van der Waals surface area contributed by atoms with Crippen molar-refractivity contribution >= 4 is 29.0 Å². The van der Waals surface area contributed by atoms with Gasteiger partial charge in [-0.3, -0.25) is 4.79 Å². The highest BCUT2D eigenvalue weighted by atomic mass is 32.2. The summed E-state index contributed by atoms with van der Waals surface area (Å²) in [6.45, 7) is 11.5. The number of amides is 1. The fourth-order valence-corrected chi connectivity index (χ4v) is 5.60. The van der Waals surface area contributed by atoms with Crippen LogP contribution in [-0.2, 0) is 24.7 Å². The second kappa shape index (κ2) is 7.95. The molecule has 2 atom stereocenters. The highest BCUT2D eigenvalue weighted by molar-refractivity contribution is 8.00. The van der Waals surface area contributed by atoms with Crippen molar-refractivity contribution in [3.63, 3.8) is 0 Å². The van der Waals surface area contributed by atoms with E-state index in [-0.39, 0.29) is 11.2 Å². The van der Waals surface area contributed by atoms with Crippen molar-refractivity contribution in [3.8, 4) is 10.7 Å². The molecule has 0 aliphatic heterocycles. The van der Waals surface area contributed by atoms with Gasteiger partial charge in [-0.25, -0.2) is 0 Å². The summed E-state index contributed by atoms with van der Waals surface area (Å²) in [7, 11) is 1.98. The lowest BCUT2D eigenvalue weighted by Gasteiger charge is -2.33. The molecule has 2 aromatic heterocycles. The fraction of sp³-hybridized carbons (Fsp3) is 0.650. The number of carbonyl (C=O) groups is 1. The highest BCUT2D eigenvalue weighted by Gasteiger charge is 2.30. The molecule has 2 aromatic rings. The van der Waals surface area contributed by atoms with Crippen LogP contribution < -0.4 is 5.32 Å². The minimum Gasteiger partial charge on any atom is -0.355 e. The number of rotatable bonds is 5. The Labute approximate surface area is 170 Å². The predicted molar refractivity (Wildman–Crippen MR) is 113 cm³/mol. The first-order chi connectivity index (χ1) is 12.7. The number of nitrogens with zero attached hydrogens (tertiary/aromatic N) is 3. The monoisotopic (exact) mass is 406 g/mol. The molecule has 0 saturated heterocycles. The minimum absolute atomic E-state index is 0.0341. The summed E-state index contributed by atoms with van der Waals surface area (Å²) >= 11 is 3.30. The van der Waals surface area contributed by atoms with Gasteiger partial charge in [0.15, 0.2) is 11.0 Å². The molecule has 1 amide bonds. The second-order valence-electron chi connectivity index (χ2n) is 8.38. The summed E-state index contributed by atoms with van der Waals surface area (Å²) in [5.41, 5.74) is 1.83. The average molecular weight is 407 g/mol. The van der Waals surface area contributed by atoms with Crippen molar-refractivity contribution < 1.29 is 4.79 Å². The second-order valence-corrected chi connectivity index (χ2v) is 10.8. The first kappa shape index (κ1) is 20.4. The molecule has 0 saturated carbocycles. The van der Waals surface area contributed by atoms with Crippen LogP contribution in [-0.4, -0.2) is 32.5 Å². The van der Waals surface area contributed by atoms with Crippen molar-refractivity contribution in [2.75, 3.05) is 6.54 Å². The molecule has 0 radical (unpaired) electrons. The number of nitrogens with one attached hydrogen (secondary N) is 1. The molecule has 0 fully saturated rings. The molecule has 3 rings (SSSR count). The third-order valence-electron chi connectivity index (χ3n) is 5.37. The van der Waals surface area contributed by atoms with Gasteiger partial charge in [-0.15, -0.1) is 21.5 Å². The molecule has 2 heterocycles. The number of aryl methyl sites for hydroxylation is 1. The highest BCUT2D eigenvalue weighted by Crippen LogP contribution is 2.42. The Morgan fingerprint density at radius 1 is 1.44 bits per heavy atom. The largest absolute Gasteiger partial charge is 0.355 e. The summed E-state index contributed by atoms with van der Waals surface area (Å²) in [6, 6.07) is 2.31. The van der Waals surface area contributed by atoms with Crippen molar-refractivity contribution in [2.45, 2.75) is 64.3 Å². The molecule has 0 aromatic carbocycles. The SMILES string of the molecule is CCNC(=O)[C@@H](C)Sc1nnc(-c2cc3c(s2)CC[C@@H](C(C)(C)C)C3)n1C. The van der Waals surface area contributed by atoms with E-state index in [1.807, 2.05) is 36.8 Å². The van der Waals surface area contributed by atoms with Crippen LogP contribution in [0.3, 0.4) is 0 Å². The summed E-state index contributed by atoms with van der Waals surface area (Å²) in [5, 5.41) is 12.2. The molecular formula is C20H30N4OS2. The van der Waals surface area contributed by atoms with E-state index in [1.165, 1.54) is 33.5 Å². The number of fused-ring (bicyclic) bond motifs is 1. The van der Waals surface area contributed by atoms with E-state index >= 15 is 0 Å². The lowest BCUT2D eigenvalue weighted by Crippen LogP contribution is -2.30. The molecule has 0 unspecified atom stereocenters. The number of thioether (sulfide) groups is 1. The first-order valence-electron chi connectivity index (χ1n) is 9.66. The molecule has 5 nitrogen and oxygen atoms in total. The standard InChI is InChI=1S/C20H30N4OS2/c1-7-21-18(25)12(2)26-19-23-22-17(24(19)6)16-11-13-10-14(20(3,4)5)8-9-15(13)27-16/h11-12,14H,7-10H2,1-6H3,(H,21,25)/t12-,14-/m1/s1. The van der Waals surface area contributed by atoms with Crippen LogP contribution in [0.4, 0.5) is 0 Å². The van der Waals surface area contributed by atoms with E-state index < -0.39 is 0 Å². The topological polar surface area (TPSA) is 59.8 Å². The summed E-state index contributed by atoms with van der Waals surface area (Å²) in [6.07, 6.45) is 3.58. The third kappa shape index (κ3) is 4.40. The Bertz CT molecular complexity index is 819. The lowest BCUT2D eigenvalue weighted by atomic mass is 9.72. The van der Waals surface area contributed by atoms with Crippen molar-refractivity contribution in [2.24, 2.45) is 18.4 Å². The van der Waals surface area contributed by atoms with Crippen molar-refractivity contribution in [3.05, 3.63) is 16.5 Å². The zero-order chi connectivity index (χ0) is 19.8. The zero-order valence-corrected chi connectivity index (χ0v) is 18.8. The van der Waals surface area contributed by atoms with Gasteiger partial charge >= 0.3 is 0 Å². The Morgan fingerprint density at radius 3 is 2.85 bits per heavy atom. The minimum atomic E-state index is -0.190. The Kier molecular flexibility index (Phi) is 6.01. The van der Waals surface area contributed by atoms with Gasteiger partial charge in [0.05, 0.1) is 10.1 Å². The van der Waals surface area contributed by atoms with Crippen molar-refractivity contribution in [1.29, 1.82) is 0 Å². The Hall–Kier alpha value is -1.34. The van der Waals surface area contributed by atoms with Gasteiger partial charge in [0.25, 0.3) is 0 Å². The molecule has 27 heavy (non-hydrogen) atoms. The number of aromatic nitrogens is 3. The van der Waals surface area contributed by atoms with Gasteiger partial charge in [-0.1, -0.05) is 32.5 Å².